The average molecular weight is 199 g/mol. The van der Waals surface area contributed by atoms with Crippen LogP contribution in [-0.2, 0) is 4.79 Å². The molecular weight excluding hydrogens is 186 g/mol. The van der Waals surface area contributed by atoms with Crippen molar-refractivity contribution in [2.45, 2.75) is 18.1 Å². The Morgan fingerprint density at radius 2 is 2.43 bits per heavy atom. The number of quaternary nitrogens is 1. The lowest BCUT2D eigenvalue weighted by atomic mass is 9.98. The molecule has 0 spiro atoms. The molecule has 5 N–H and O–H groups in total. The van der Waals surface area contributed by atoms with E-state index in [4.69, 9.17) is 5.11 Å². The Morgan fingerprint density at radius 1 is 1.79 bits per heavy atom. The normalized spacial score (nSPS) is 32.2. The van der Waals surface area contributed by atoms with Crippen molar-refractivity contribution >= 4 is 5.97 Å². The number of aliphatic hydroxyl groups excluding tert-OH is 1. The maximum Gasteiger partial charge on any atom is 0.328 e. The number of carboxylic acids is 1. The lowest BCUT2D eigenvalue weighted by molar-refractivity contribution is -0.545. The van der Waals surface area contributed by atoms with Crippen molar-refractivity contribution in [3.05, 3.63) is 31.0 Å². The summed E-state index contributed by atoms with van der Waals surface area (Å²) in [5, 5.41) is 29.2. The number of aliphatic hydroxyl groups is 2. The van der Waals surface area contributed by atoms with E-state index in [2.05, 4.69) is 7.05 Å². The van der Waals surface area contributed by atoms with E-state index in [1.807, 2.05) is 0 Å². The third kappa shape index (κ3) is 2.20. The minimum absolute atomic E-state index is 0.182. The fourth-order valence-corrected chi connectivity index (χ4v) is 1.35. The first-order valence-corrected chi connectivity index (χ1v) is 4.13. The van der Waals surface area contributed by atoms with Crippen LogP contribution < -0.4 is 5.32 Å². The van der Waals surface area contributed by atoms with Crippen LogP contribution in [0.15, 0.2) is 23.9 Å². The number of rotatable bonds is 3. The van der Waals surface area contributed by atoms with E-state index in [1.54, 1.807) is 0 Å². The zero-order valence-electron chi connectivity index (χ0n) is 7.55. The summed E-state index contributed by atoms with van der Waals surface area (Å²) in [6.07, 6.45) is 2.47. The van der Waals surface area contributed by atoms with E-state index in [0.717, 1.165) is 12.2 Å². The van der Waals surface area contributed by atoms with Crippen LogP contribution in [0.25, 0.3) is 0 Å². The van der Waals surface area contributed by atoms with Gasteiger partial charge in [-0.05, 0) is 6.08 Å². The highest BCUT2D eigenvalue weighted by Gasteiger charge is 2.39. The number of hydrogen-bond acceptors (Lipinski definition) is 3. The van der Waals surface area contributed by atoms with Gasteiger partial charge in [0.2, 0.25) is 0 Å². The molecule has 1 aliphatic carbocycles. The summed E-state index contributed by atoms with van der Waals surface area (Å²) in [6, 6.07) is 0. The van der Waals surface area contributed by atoms with Gasteiger partial charge in [0.15, 0.2) is 0 Å². The molecule has 78 valence electrons. The van der Waals surface area contributed by atoms with Gasteiger partial charge in [0.1, 0.15) is 11.7 Å². The molecule has 5 nitrogen and oxygen atoms in total. The molecule has 0 aromatic heterocycles. The SMILES string of the molecule is [CH2-][NH2+]C1=CC(O)C(O)(C=CC(=O)O)C1. The van der Waals surface area contributed by atoms with Gasteiger partial charge in [-0.2, -0.15) is 0 Å². The van der Waals surface area contributed by atoms with Crippen LogP contribution >= 0.6 is 0 Å². The van der Waals surface area contributed by atoms with Gasteiger partial charge in [-0.25, -0.2) is 4.79 Å². The Bertz CT molecular complexity index is 297. The third-order valence-electron chi connectivity index (χ3n) is 2.15. The van der Waals surface area contributed by atoms with Gasteiger partial charge in [0, 0.05) is 12.2 Å². The van der Waals surface area contributed by atoms with Crippen LogP contribution in [0, 0.1) is 7.05 Å². The number of nitrogens with two attached hydrogens (primary N) is 1. The van der Waals surface area contributed by atoms with Crippen LogP contribution in [0.2, 0.25) is 0 Å². The van der Waals surface area contributed by atoms with Crippen molar-refractivity contribution in [3.8, 4) is 0 Å². The summed E-state index contributed by atoms with van der Waals surface area (Å²) >= 11 is 0. The first-order chi connectivity index (χ1) is 6.48. The number of carboxylic acid groups (broad SMARTS) is 1. The molecule has 0 heterocycles. The van der Waals surface area contributed by atoms with Crippen LogP contribution in [0.5, 0.6) is 0 Å². The number of carbonyl (C=O) groups is 1. The predicted octanol–water partition coefficient (Wildman–Crippen LogP) is -1.64. The molecule has 5 heteroatoms. The molecule has 0 bridgehead atoms. The van der Waals surface area contributed by atoms with Crippen LogP contribution in [0.1, 0.15) is 6.42 Å². The van der Waals surface area contributed by atoms with Crippen molar-refractivity contribution < 1.29 is 25.4 Å². The van der Waals surface area contributed by atoms with Gasteiger partial charge in [-0.15, -0.1) is 7.05 Å². The quantitative estimate of drug-likeness (QED) is 0.324. The molecule has 14 heavy (non-hydrogen) atoms. The molecule has 1 rings (SSSR count). The van der Waals surface area contributed by atoms with E-state index < -0.39 is 17.7 Å². The highest BCUT2D eigenvalue weighted by Crippen LogP contribution is 2.27. The monoisotopic (exact) mass is 199 g/mol. The van der Waals surface area contributed by atoms with Crippen LogP contribution in [0.3, 0.4) is 0 Å². The standard InChI is InChI=1S/C9H13NO4/c1-10-6-4-7(11)9(14,5-6)3-2-8(12)13/h2-4,7,11,14H,1,5,10H2,(H,12,13). The predicted molar refractivity (Wildman–Crippen MR) is 47.7 cm³/mol. The smallest absolute Gasteiger partial charge is 0.328 e. The molecule has 0 saturated carbocycles. The molecule has 0 radical (unpaired) electrons. The Kier molecular flexibility index (Phi) is 3.05. The average Bonchev–Trinajstić information content (AvgIpc) is 2.40. The van der Waals surface area contributed by atoms with Crippen molar-refractivity contribution in [2.24, 2.45) is 0 Å². The molecule has 0 amide bonds. The van der Waals surface area contributed by atoms with Gasteiger partial charge in [0.25, 0.3) is 0 Å². The largest absolute Gasteiger partial charge is 0.478 e. The van der Waals surface area contributed by atoms with Crippen LogP contribution in [-0.4, -0.2) is 33.0 Å². The summed E-state index contributed by atoms with van der Waals surface area (Å²) in [6.45, 7) is 0. The Morgan fingerprint density at radius 3 is 2.86 bits per heavy atom. The van der Waals surface area contributed by atoms with Gasteiger partial charge < -0.3 is 20.6 Å². The summed E-state index contributed by atoms with van der Waals surface area (Å²) in [5.41, 5.74) is -0.808. The van der Waals surface area contributed by atoms with Gasteiger partial charge in [-0.3, -0.25) is 0 Å². The zero-order valence-corrected chi connectivity index (χ0v) is 7.55. The van der Waals surface area contributed by atoms with Crippen molar-refractivity contribution in [1.29, 1.82) is 0 Å². The minimum atomic E-state index is -1.51. The Balaban J connectivity index is 2.75. The molecule has 1 aliphatic rings. The van der Waals surface area contributed by atoms with Gasteiger partial charge >= 0.3 is 5.97 Å². The zero-order chi connectivity index (χ0) is 10.8. The number of hydrogen-bond donors (Lipinski definition) is 4. The van der Waals surface area contributed by atoms with E-state index in [0.29, 0.717) is 5.70 Å². The summed E-state index contributed by atoms with van der Waals surface area (Å²) in [7, 11) is 3.51. The number of aliphatic carboxylic acids is 1. The lowest BCUT2D eigenvalue weighted by Crippen LogP contribution is -2.74. The molecule has 2 atom stereocenters. The lowest BCUT2D eigenvalue weighted by Gasteiger charge is -2.21. The second-order valence-corrected chi connectivity index (χ2v) is 3.23. The van der Waals surface area contributed by atoms with Gasteiger partial charge in [-0.1, -0.05) is 0 Å². The Hall–Kier alpha value is -1.17. The van der Waals surface area contributed by atoms with E-state index in [-0.39, 0.29) is 6.42 Å². The molecule has 0 saturated heterocycles. The van der Waals surface area contributed by atoms with Crippen molar-refractivity contribution in [3.63, 3.8) is 0 Å². The topological polar surface area (TPSA) is 94.4 Å². The van der Waals surface area contributed by atoms with E-state index in [9.17, 15) is 15.0 Å². The molecule has 2 unspecified atom stereocenters. The summed E-state index contributed by atoms with van der Waals surface area (Å²) in [5.74, 6) is -1.15. The molecule has 0 aromatic rings. The second kappa shape index (κ2) is 3.91. The maximum absolute atomic E-state index is 10.2. The highest BCUT2D eigenvalue weighted by molar-refractivity contribution is 5.80. The summed E-state index contributed by atoms with van der Waals surface area (Å²) in [4.78, 5) is 10.2. The molecule has 0 aromatic carbocycles. The first kappa shape index (κ1) is 10.9. The molecule has 0 fully saturated rings. The van der Waals surface area contributed by atoms with E-state index in [1.165, 1.54) is 11.4 Å². The third-order valence-corrected chi connectivity index (χ3v) is 2.15. The summed E-state index contributed by atoms with van der Waals surface area (Å²) < 4.78 is 0. The highest BCUT2D eigenvalue weighted by atomic mass is 16.4. The Labute approximate surface area is 81.4 Å². The van der Waals surface area contributed by atoms with E-state index >= 15 is 0 Å². The fraction of sp³-hybridized carbons (Fsp3) is 0.333. The minimum Gasteiger partial charge on any atom is -0.478 e. The second-order valence-electron chi connectivity index (χ2n) is 3.23. The molecule has 0 aliphatic heterocycles. The molecular formula is C9H13NO4. The van der Waals surface area contributed by atoms with Crippen LogP contribution in [0.4, 0.5) is 0 Å². The fourth-order valence-electron chi connectivity index (χ4n) is 1.35. The van der Waals surface area contributed by atoms with Crippen molar-refractivity contribution in [2.75, 3.05) is 0 Å². The first-order valence-electron chi connectivity index (χ1n) is 4.13. The van der Waals surface area contributed by atoms with Crippen molar-refractivity contribution in [1.82, 2.24) is 0 Å². The van der Waals surface area contributed by atoms with Gasteiger partial charge in [0.05, 0.1) is 12.1 Å². The maximum atomic E-state index is 10.2.